The van der Waals surface area contributed by atoms with Gasteiger partial charge in [-0.1, -0.05) is 12.1 Å². The molecular weight excluding hydrogens is 292 g/mol. The number of carbonyl (C=O) groups excluding carboxylic acids is 1. The fraction of sp³-hybridized carbons (Fsp3) is 0.278. The van der Waals surface area contributed by atoms with E-state index in [0.29, 0.717) is 11.1 Å². The Bertz CT molecular complexity index is 846. The summed E-state index contributed by atoms with van der Waals surface area (Å²) in [6.45, 7) is 0.0326. The van der Waals surface area contributed by atoms with E-state index in [0.717, 1.165) is 36.9 Å². The van der Waals surface area contributed by atoms with E-state index in [1.54, 1.807) is 30.3 Å². The number of H-pyrrole nitrogens is 1. The van der Waals surface area contributed by atoms with Crippen molar-refractivity contribution < 1.29 is 9.53 Å². The lowest BCUT2D eigenvalue weighted by Gasteiger charge is -2.15. The van der Waals surface area contributed by atoms with Crippen LogP contribution in [0.5, 0.6) is 0 Å². The van der Waals surface area contributed by atoms with Gasteiger partial charge in [-0.15, -0.1) is 0 Å². The lowest BCUT2D eigenvalue weighted by molar-refractivity contribution is 0.0470. The monoisotopic (exact) mass is 308 g/mol. The molecule has 23 heavy (non-hydrogen) atoms. The van der Waals surface area contributed by atoms with E-state index in [-0.39, 0.29) is 12.2 Å². The van der Waals surface area contributed by atoms with E-state index in [2.05, 4.69) is 4.98 Å². The third-order valence-electron chi connectivity index (χ3n) is 3.98. The van der Waals surface area contributed by atoms with Gasteiger partial charge in [-0.05, 0) is 55.0 Å². The molecule has 3 rings (SSSR count). The van der Waals surface area contributed by atoms with Gasteiger partial charge in [0, 0.05) is 5.69 Å². The molecule has 1 N–H and O–H groups in total. The Balaban J connectivity index is 1.76. The number of benzene rings is 1. The van der Waals surface area contributed by atoms with E-state index >= 15 is 0 Å². The van der Waals surface area contributed by atoms with E-state index in [1.165, 1.54) is 0 Å². The lowest BCUT2D eigenvalue weighted by Crippen LogP contribution is -2.23. The van der Waals surface area contributed by atoms with Gasteiger partial charge in [-0.3, -0.25) is 4.79 Å². The molecule has 1 aliphatic carbocycles. The van der Waals surface area contributed by atoms with Crippen molar-refractivity contribution in [1.82, 2.24) is 4.98 Å². The molecule has 1 aromatic heterocycles. The highest BCUT2D eigenvalue weighted by molar-refractivity contribution is 5.89. The predicted octanol–water partition coefficient (Wildman–Crippen LogP) is 2.48. The van der Waals surface area contributed by atoms with Crippen molar-refractivity contribution in [2.45, 2.75) is 32.3 Å². The van der Waals surface area contributed by atoms with Crippen molar-refractivity contribution in [2.75, 3.05) is 0 Å². The first-order chi connectivity index (χ1) is 11.2. The van der Waals surface area contributed by atoms with Crippen LogP contribution in [-0.2, 0) is 24.2 Å². The number of esters is 1. The average Bonchev–Trinajstić information content (AvgIpc) is 2.59. The van der Waals surface area contributed by atoms with Crippen LogP contribution < -0.4 is 5.56 Å². The van der Waals surface area contributed by atoms with Gasteiger partial charge >= 0.3 is 5.97 Å². The number of rotatable bonds is 3. The summed E-state index contributed by atoms with van der Waals surface area (Å²) >= 11 is 0. The van der Waals surface area contributed by atoms with Crippen molar-refractivity contribution in [3.05, 3.63) is 68.6 Å². The quantitative estimate of drug-likeness (QED) is 0.883. The van der Waals surface area contributed by atoms with Crippen molar-refractivity contribution in [1.29, 1.82) is 5.26 Å². The molecule has 1 heterocycles. The summed E-state index contributed by atoms with van der Waals surface area (Å²) in [6.07, 6.45) is 3.84. The molecule has 5 nitrogen and oxygen atoms in total. The first kappa shape index (κ1) is 15.0. The van der Waals surface area contributed by atoms with Crippen molar-refractivity contribution >= 4 is 5.97 Å². The molecule has 116 valence electrons. The molecule has 0 fully saturated rings. The molecule has 0 saturated heterocycles. The Kier molecular flexibility index (Phi) is 4.24. The van der Waals surface area contributed by atoms with E-state index in [9.17, 15) is 9.59 Å². The zero-order valence-electron chi connectivity index (χ0n) is 12.6. The molecule has 0 bridgehead atoms. The van der Waals surface area contributed by atoms with Gasteiger partial charge in [0.25, 0.3) is 5.56 Å². The number of aryl methyl sites for hydroxylation is 2. The van der Waals surface area contributed by atoms with E-state index in [1.807, 2.05) is 6.07 Å². The van der Waals surface area contributed by atoms with Crippen LogP contribution in [0.25, 0.3) is 0 Å². The van der Waals surface area contributed by atoms with Gasteiger partial charge < -0.3 is 9.72 Å². The summed E-state index contributed by atoms with van der Waals surface area (Å²) in [4.78, 5) is 27.0. The zero-order valence-corrected chi connectivity index (χ0v) is 12.6. The number of hydrogen-bond acceptors (Lipinski definition) is 4. The van der Waals surface area contributed by atoms with Gasteiger partial charge in [0.05, 0.1) is 11.6 Å². The second-order valence-corrected chi connectivity index (χ2v) is 5.61. The van der Waals surface area contributed by atoms with E-state index < -0.39 is 11.5 Å². The first-order valence-electron chi connectivity index (χ1n) is 7.58. The maximum absolute atomic E-state index is 12.2. The number of nitrogens with zero attached hydrogens (tertiary/aromatic N) is 1. The Morgan fingerprint density at radius 3 is 2.91 bits per heavy atom. The molecule has 1 aliphatic rings. The largest absolute Gasteiger partial charge is 0.457 e. The van der Waals surface area contributed by atoms with Crippen LogP contribution in [-0.4, -0.2) is 11.0 Å². The summed E-state index contributed by atoms with van der Waals surface area (Å²) in [5.74, 6) is -0.637. The summed E-state index contributed by atoms with van der Waals surface area (Å²) in [7, 11) is 0. The molecule has 0 aliphatic heterocycles. The van der Waals surface area contributed by atoms with Crippen molar-refractivity contribution in [3.63, 3.8) is 0 Å². The number of carbonyl (C=O) groups is 1. The minimum Gasteiger partial charge on any atom is -0.457 e. The molecule has 0 radical (unpaired) electrons. The third kappa shape index (κ3) is 3.32. The van der Waals surface area contributed by atoms with Crippen LogP contribution in [0.4, 0.5) is 0 Å². The normalized spacial score (nSPS) is 13.0. The Morgan fingerprint density at radius 1 is 1.26 bits per heavy atom. The SMILES string of the molecule is N#Cc1cccc(COC(=O)c2cc3c([nH]c2=O)CCCC3)c1. The Labute approximate surface area is 133 Å². The van der Waals surface area contributed by atoms with Crippen LogP contribution >= 0.6 is 0 Å². The van der Waals surface area contributed by atoms with Crippen molar-refractivity contribution in [3.8, 4) is 6.07 Å². The number of pyridine rings is 1. The highest BCUT2D eigenvalue weighted by atomic mass is 16.5. The number of nitriles is 1. The number of aromatic amines is 1. The second kappa shape index (κ2) is 6.49. The first-order valence-corrected chi connectivity index (χ1v) is 7.58. The van der Waals surface area contributed by atoms with Crippen molar-refractivity contribution in [2.24, 2.45) is 0 Å². The molecule has 0 spiro atoms. The molecular formula is C18H16N2O3. The fourth-order valence-corrected chi connectivity index (χ4v) is 2.78. The van der Waals surface area contributed by atoms with Crippen LogP contribution in [0.3, 0.4) is 0 Å². The molecule has 0 unspecified atom stereocenters. The summed E-state index contributed by atoms with van der Waals surface area (Å²) in [5.41, 5.74) is 2.81. The minimum absolute atomic E-state index is 0.0326. The van der Waals surface area contributed by atoms with Gasteiger partial charge in [0.15, 0.2) is 0 Å². The topological polar surface area (TPSA) is 82.9 Å². The Hall–Kier alpha value is -2.87. The number of aromatic nitrogens is 1. The molecule has 0 atom stereocenters. The molecule has 0 saturated carbocycles. The number of ether oxygens (including phenoxy) is 1. The third-order valence-corrected chi connectivity index (χ3v) is 3.98. The van der Waals surface area contributed by atoms with E-state index in [4.69, 9.17) is 10.00 Å². The average molecular weight is 308 g/mol. The fourth-order valence-electron chi connectivity index (χ4n) is 2.78. The minimum atomic E-state index is -0.637. The predicted molar refractivity (Wildman–Crippen MR) is 84.0 cm³/mol. The zero-order chi connectivity index (χ0) is 16.2. The maximum atomic E-state index is 12.2. The standard InChI is InChI=1S/C18H16N2O3/c19-10-12-4-3-5-13(8-12)11-23-18(22)15-9-14-6-1-2-7-16(14)20-17(15)21/h3-5,8-9H,1-2,6-7,11H2,(H,20,21). The number of fused-ring (bicyclic) bond motifs is 1. The molecule has 5 heteroatoms. The summed E-state index contributed by atoms with van der Waals surface area (Å²) in [5, 5.41) is 8.86. The maximum Gasteiger partial charge on any atom is 0.344 e. The van der Waals surface area contributed by atoms with Gasteiger partial charge in [0.2, 0.25) is 0 Å². The molecule has 1 aromatic carbocycles. The number of nitrogens with one attached hydrogen (secondary N) is 1. The Morgan fingerprint density at radius 2 is 2.09 bits per heavy atom. The lowest BCUT2D eigenvalue weighted by atomic mass is 9.95. The van der Waals surface area contributed by atoms with Crippen LogP contribution in [0.15, 0.2) is 35.1 Å². The van der Waals surface area contributed by atoms with Gasteiger partial charge in [-0.2, -0.15) is 5.26 Å². The van der Waals surface area contributed by atoms with Gasteiger partial charge in [-0.25, -0.2) is 4.79 Å². The summed E-state index contributed by atoms with van der Waals surface area (Å²) in [6, 6.07) is 10.5. The number of hydrogen-bond donors (Lipinski definition) is 1. The van der Waals surface area contributed by atoms with Crippen LogP contribution in [0, 0.1) is 11.3 Å². The highest BCUT2D eigenvalue weighted by Crippen LogP contribution is 2.19. The molecule has 0 amide bonds. The van der Waals surface area contributed by atoms with Crippen LogP contribution in [0.1, 0.15) is 45.6 Å². The smallest absolute Gasteiger partial charge is 0.344 e. The van der Waals surface area contributed by atoms with Gasteiger partial charge in [0.1, 0.15) is 12.2 Å². The van der Waals surface area contributed by atoms with Crippen LogP contribution in [0.2, 0.25) is 0 Å². The summed E-state index contributed by atoms with van der Waals surface area (Å²) < 4.78 is 5.22. The second-order valence-electron chi connectivity index (χ2n) is 5.61. The molecule has 2 aromatic rings. The highest BCUT2D eigenvalue weighted by Gasteiger charge is 2.18.